The number of ether oxygens (including phenoxy) is 5. The molecule has 0 bridgehead atoms. The third-order valence-electron chi connectivity index (χ3n) is 5.39. The minimum absolute atomic E-state index is 0.0709. The lowest BCUT2D eigenvalue weighted by molar-refractivity contribution is -0.297. The van der Waals surface area contributed by atoms with Crippen molar-refractivity contribution in [2.75, 3.05) is 19.8 Å². The van der Waals surface area contributed by atoms with E-state index in [-0.39, 0.29) is 26.1 Å². The van der Waals surface area contributed by atoms with Gasteiger partial charge < -0.3 is 64.5 Å². The fourth-order valence-corrected chi connectivity index (χ4v) is 3.52. The molecule has 0 amide bonds. The lowest BCUT2D eigenvalue weighted by atomic mass is 10.0. The molecule has 0 aromatic carbocycles. The Balaban J connectivity index is 1.90. The van der Waals surface area contributed by atoms with Gasteiger partial charge in [0.2, 0.25) is 0 Å². The Morgan fingerprint density at radius 3 is 1.91 bits per heavy atom. The molecule has 2 aliphatic heterocycles. The van der Waals surface area contributed by atoms with Gasteiger partial charge in [0.1, 0.15) is 36.6 Å². The summed E-state index contributed by atoms with van der Waals surface area (Å²) >= 11 is 0. The predicted octanol–water partition coefficient (Wildman–Crippen LogP) is -3.85. The third-order valence-corrected chi connectivity index (χ3v) is 5.39. The second-order valence-electron chi connectivity index (χ2n) is 8.15. The predicted molar refractivity (Wildman–Crippen MR) is 104 cm³/mol. The molecule has 2 aliphatic rings. The zero-order valence-electron chi connectivity index (χ0n) is 18.1. The van der Waals surface area contributed by atoms with Crippen molar-refractivity contribution in [3.8, 4) is 0 Å². The van der Waals surface area contributed by atoms with E-state index >= 15 is 0 Å². The van der Waals surface area contributed by atoms with Crippen LogP contribution in [-0.2, 0) is 23.7 Å². The topological polar surface area (TPSA) is 208 Å². The quantitative estimate of drug-likeness (QED) is 0.136. The first kappa shape index (κ1) is 27.7. The van der Waals surface area contributed by atoms with Crippen LogP contribution in [0.3, 0.4) is 0 Å². The SMILES string of the molecule is C[C@@H](O)O[C@H](CO[C@@H]1C[C@@H](O)[C@H](O)[C@@H](CO[C@@H]2C[C@@H](O)[C@H](O)[C@@H](CO)O2)O1)[C@@H](O)[C@@H](C)O. The van der Waals surface area contributed by atoms with Crippen molar-refractivity contribution < 1.29 is 64.5 Å². The molecule has 0 unspecified atom stereocenters. The molecule has 0 spiro atoms. The highest BCUT2D eigenvalue weighted by Gasteiger charge is 2.41. The molecule has 0 radical (unpaired) electrons. The van der Waals surface area contributed by atoms with E-state index in [1.165, 1.54) is 13.8 Å². The molecule has 0 aromatic rings. The summed E-state index contributed by atoms with van der Waals surface area (Å²) in [5.74, 6) is 0. The van der Waals surface area contributed by atoms with Crippen LogP contribution < -0.4 is 0 Å². The molecule has 2 fully saturated rings. The summed E-state index contributed by atoms with van der Waals surface area (Å²) < 4.78 is 27.2. The van der Waals surface area contributed by atoms with Crippen molar-refractivity contribution in [3.05, 3.63) is 0 Å². The van der Waals surface area contributed by atoms with Crippen LogP contribution in [0.1, 0.15) is 26.7 Å². The zero-order chi connectivity index (χ0) is 24.0. The lowest BCUT2D eigenvalue weighted by Gasteiger charge is -2.39. The molecule has 0 aliphatic carbocycles. The number of rotatable bonds is 11. The monoisotopic (exact) mass is 472 g/mol. The Hall–Kier alpha value is -0.520. The van der Waals surface area contributed by atoms with Gasteiger partial charge in [-0.25, -0.2) is 0 Å². The maximum Gasteiger partial charge on any atom is 0.160 e. The van der Waals surface area contributed by atoms with Crippen molar-refractivity contribution in [1.29, 1.82) is 0 Å². The highest BCUT2D eigenvalue weighted by Crippen LogP contribution is 2.25. The van der Waals surface area contributed by atoms with Gasteiger partial charge in [-0.1, -0.05) is 0 Å². The number of aliphatic hydroxyl groups is 8. The summed E-state index contributed by atoms with van der Waals surface area (Å²) in [4.78, 5) is 0. The Morgan fingerprint density at radius 1 is 0.844 bits per heavy atom. The van der Waals surface area contributed by atoms with E-state index in [0.717, 1.165) is 0 Å². The van der Waals surface area contributed by atoms with Crippen molar-refractivity contribution in [2.45, 2.75) is 100 Å². The van der Waals surface area contributed by atoms with Crippen LogP contribution in [-0.4, -0.2) is 134 Å². The van der Waals surface area contributed by atoms with E-state index in [9.17, 15) is 40.9 Å². The van der Waals surface area contributed by atoms with Gasteiger partial charge >= 0.3 is 0 Å². The summed E-state index contributed by atoms with van der Waals surface area (Å²) in [7, 11) is 0. The summed E-state index contributed by atoms with van der Waals surface area (Å²) in [6, 6.07) is 0. The van der Waals surface area contributed by atoms with E-state index in [0.29, 0.717) is 0 Å². The highest BCUT2D eigenvalue weighted by atomic mass is 16.7. The van der Waals surface area contributed by atoms with Crippen LogP contribution in [0, 0.1) is 0 Å². The van der Waals surface area contributed by atoms with Gasteiger partial charge in [-0.3, -0.25) is 0 Å². The number of hydrogen-bond acceptors (Lipinski definition) is 13. The molecule has 13 heteroatoms. The molecule has 190 valence electrons. The Labute approximate surface area is 185 Å². The molecule has 0 aromatic heterocycles. The van der Waals surface area contributed by atoms with Crippen LogP contribution in [0.4, 0.5) is 0 Å². The summed E-state index contributed by atoms with van der Waals surface area (Å²) in [5, 5.41) is 78.3. The van der Waals surface area contributed by atoms with Gasteiger partial charge in [-0.05, 0) is 13.8 Å². The van der Waals surface area contributed by atoms with Gasteiger partial charge in [-0.2, -0.15) is 0 Å². The van der Waals surface area contributed by atoms with E-state index in [2.05, 4.69) is 0 Å². The van der Waals surface area contributed by atoms with E-state index < -0.39 is 80.4 Å². The summed E-state index contributed by atoms with van der Waals surface area (Å²) in [5.41, 5.74) is 0. The third kappa shape index (κ3) is 7.77. The van der Waals surface area contributed by atoms with E-state index in [1.54, 1.807) is 0 Å². The molecule has 2 saturated heterocycles. The fourth-order valence-electron chi connectivity index (χ4n) is 3.52. The van der Waals surface area contributed by atoms with Crippen LogP contribution in [0.5, 0.6) is 0 Å². The average Bonchev–Trinajstić information content (AvgIpc) is 2.73. The Bertz CT molecular complexity index is 535. The Morgan fingerprint density at radius 2 is 1.38 bits per heavy atom. The molecule has 32 heavy (non-hydrogen) atoms. The molecule has 0 saturated carbocycles. The van der Waals surface area contributed by atoms with Crippen LogP contribution in [0.15, 0.2) is 0 Å². The van der Waals surface area contributed by atoms with Gasteiger partial charge in [0.25, 0.3) is 0 Å². The number of aliphatic hydroxyl groups excluding tert-OH is 8. The number of hydrogen-bond donors (Lipinski definition) is 8. The second-order valence-corrected chi connectivity index (χ2v) is 8.15. The maximum absolute atomic E-state index is 10.2. The second kappa shape index (κ2) is 12.8. The molecule has 12 atom stereocenters. The van der Waals surface area contributed by atoms with Crippen molar-refractivity contribution >= 4 is 0 Å². The van der Waals surface area contributed by atoms with Gasteiger partial charge in [0.15, 0.2) is 18.9 Å². The molecular formula is C19H36O13. The first-order chi connectivity index (χ1) is 15.0. The van der Waals surface area contributed by atoms with Crippen LogP contribution in [0.2, 0.25) is 0 Å². The van der Waals surface area contributed by atoms with Crippen LogP contribution in [0.25, 0.3) is 0 Å². The van der Waals surface area contributed by atoms with Gasteiger partial charge in [-0.15, -0.1) is 0 Å². The molecule has 13 nitrogen and oxygen atoms in total. The molecular weight excluding hydrogens is 436 g/mol. The zero-order valence-corrected chi connectivity index (χ0v) is 18.1. The summed E-state index contributed by atoms with van der Waals surface area (Å²) in [6.07, 6.45) is -14.0. The van der Waals surface area contributed by atoms with Gasteiger partial charge in [0, 0.05) is 12.8 Å². The van der Waals surface area contributed by atoms with Gasteiger partial charge in [0.05, 0.1) is 38.1 Å². The highest BCUT2D eigenvalue weighted by molar-refractivity contribution is 4.85. The maximum atomic E-state index is 10.2. The van der Waals surface area contributed by atoms with E-state index in [4.69, 9.17) is 23.7 Å². The van der Waals surface area contributed by atoms with Crippen LogP contribution >= 0.6 is 0 Å². The smallest absolute Gasteiger partial charge is 0.160 e. The Kier molecular flexibility index (Phi) is 11.1. The summed E-state index contributed by atoms with van der Waals surface area (Å²) in [6.45, 7) is 1.61. The van der Waals surface area contributed by atoms with Crippen molar-refractivity contribution in [1.82, 2.24) is 0 Å². The average molecular weight is 472 g/mol. The largest absolute Gasteiger partial charge is 0.394 e. The standard InChI is InChI=1S/C19H36O13/c1-8(21)17(25)13(30-9(2)22)6-28-16-4-11(24)19(27)14(32-16)7-29-15-3-10(23)18(26)12(5-20)31-15/h8-27H,3-7H2,1-2H3/t8-,9+,10-,11-,12-,13-,14-,15+,16+,17+,18+,19+/m1/s1. The first-order valence-corrected chi connectivity index (χ1v) is 10.6. The van der Waals surface area contributed by atoms with Crippen molar-refractivity contribution in [3.63, 3.8) is 0 Å². The molecule has 8 N–H and O–H groups in total. The first-order valence-electron chi connectivity index (χ1n) is 10.6. The fraction of sp³-hybridized carbons (Fsp3) is 1.00. The molecule has 2 heterocycles. The molecule has 2 rings (SSSR count). The van der Waals surface area contributed by atoms with E-state index in [1.807, 2.05) is 0 Å². The minimum Gasteiger partial charge on any atom is -0.394 e. The minimum atomic E-state index is -1.35. The normalized spacial score (nSPS) is 39.9. The van der Waals surface area contributed by atoms with Crippen molar-refractivity contribution in [2.24, 2.45) is 0 Å². The lowest BCUT2D eigenvalue weighted by Crippen LogP contribution is -2.54.